The van der Waals surface area contributed by atoms with Gasteiger partial charge in [-0.3, -0.25) is 4.79 Å². The Morgan fingerprint density at radius 1 is 1.00 bits per heavy atom. The molecule has 1 amide bonds. The Morgan fingerprint density at radius 2 is 1.75 bits per heavy atom. The summed E-state index contributed by atoms with van der Waals surface area (Å²) >= 11 is 11.8. The van der Waals surface area contributed by atoms with Gasteiger partial charge in [0, 0.05) is 24.3 Å². The quantitative estimate of drug-likeness (QED) is 0.816. The molecule has 2 N–H and O–H groups in total. The highest BCUT2D eigenvalue weighted by atomic mass is 35.5. The van der Waals surface area contributed by atoms with Crippen molar-refractivity contribution in [2.45, 2.75) is 13.1 Å². The van der Waals surface area contributed by atoms with Gasteiger partial charge in [0.1, 0.15) is 0 Å². The van der Waals surface area contributed by atoms with Crippen LogP contribution in [0.25, 0.3) is 0 Å². The maximum Gasteiger partial charge on any atom is 0.254 e. The van der Waals surface area contributed by atoms with Crippen molar-refractivity contribution in [3.8, 4) is 0 Å². The summed E-state index contributed by atoms with van der Waals surface area (Å²) in [5.74, 6) is -0.0571. The lowest BCUT2D eigenvalue weighted by atomic mass is 10.1. The van der Waals surface area contributed by atoms with Gasteiger partial charge in [0.05, 0.1) is 10.0 Å². The van der Waals surface area contributed by atoms with Gasteiger partial charge < -0.3 is 10.6 Å². The van der Waals surface area contributed by atoms with Crippen LogP contribution in [0, 0.1) is 0 Å². The lowest BCUT2D eigenvalue weighted by Gasteiger charge is -2.15. The van der Waals surface area contributed by atoms with Crippen molar-refractivity contribution in [1.82, 2.24) is 4.90 Å². The number of carbonyl (C=O) groups excluding carboxylic acids is 1. The number of hydrogen-bond donors (Lipinski definition) is 1. The van der Waals surface area contributed by atoms with E-state index in [-0.39, 0.29) is 5.91 Å². The Bertz CT molecular complexity index is 700. The molecule has 2 aromatic carbocycles. The Hall–Kier alpha value is -1.71. The number of nitrogens with two attached hydrogens (primary N) is 1. The zero-order valence-corrected chi connectivity index (χ0v) is 12.1. The van der Waals surface area contributed by atoms with Crippen LogP contribution in [0.5, 0.6) is 0 Å². The number of anilines is 1. The van der Waals surface area contributed by atoms with E-state index in [0.29, 0.717) is 34.4 Å². The molecule has 2 aromatic rings. The Morgan fingerprint density at radius 3 is 2.50 bits per heavy atom. The van der Waals surface area contributed by atoms with Gasteiger partial charge in [0.2, 0.25) is 0 Å². The smallest absolute Gasteiger partial charge is 0.254 e. The second-order valence-electron chi connectivity index (χ2n) is 4.82. The van der Waals surface area contributed by atoms with E-state index in [9.17, 15) is 4.79 Å². The molecule has 3 rings (SSSR count). The summed E-state index contributed by atoms with van der Waals surface area (Å²) < 4.78 is 0. The van der Waals surface area contributed by atoms with Crippen LogP contribution in [-0.4, -0.2) is 10.8 Å². The summed E-state index contributed by atoms with van der Waals surface area (Å²) in [6.07, 6.45) is 0. The third kappa shape index (κ3) is 2.35. The van der Waals surface area contributed by atoms with Crippen molar-refractivity contribution in [1.29, 1.82) is 0 Å². The number of halogens is 2. The molecule has 3 nitrogen and oxygen atoms in total. The van der Waals surface area contributed by atoms with Crippen LogP contribution >= 0.6 is 23.2 Å². The molecule has 0 fully saturated rings. The maximum absolute atomic E-state index is 12.5. The van der Waals surface area contributed by atoms with Gasteiger partial charge in [-0.05, 0) is 41.5 Å². The summed E-state index contributed by atoms with van der Waals surface area (Å²) in [6.45, 7) is 1.16. The van der Waals surface area contributed by atoms with Crippen molar-refractivity contribution in [2.75, 3.05) is 5.73 Å². The first-order valence-corrected chi connectivity index (χ1v) is 6.92. The standard InChI is InChI=1S/C15H12Cl2N2O/c16-13-4-2-9(6-14(13)17)15(20)19-7-10-1-3-12(18)5-11(10)8-19/h1-6H,7-8,18H2. The number of carbonyl (C=O) groups is 1. The molecule has 102 valence electrons. The molecular formula is C15H12Cl2N2O. The summed E-state index contributed by atoms with van der Waals surface area (Å²) in [6, 6.07) is 10.7. The van der Waals surface area contributed by atoms with Gasteiger partial charge in [-0.25, -0.2) is 0 Å². The van der Waals surface area contributed by atoms with Crippen LogP contribution in [0.15, 0.2) is 36.4 Å². The van der Waals surface area contributed by atoms with Gasteiger partial charge in [-0.15, -0.1) is 0 Å². The maximum atomic E-state index is 12.5. The fraction of sp³-hybridized carbons (Fsp3) is 0.133. The van der Waals surface area contributed by atoms with Gasteiger partial charge in [0.15, 0.2) is 0 Å². The molecule has 0 radical (unpaired) electrons. The Labute approximate surface area is 126 Å². The second kappa shape index (κ2) is 5.00. The van der Waals surface area contributed by atoms with E-state index in [1.54, 1.807) is 23.1 Å². The summed E-state index contributed by atoms with van der Waals surface area (Å²) in [5, 5.41) is 0.833. The predicted octanol–water partition coefficient (Wildman–Crippen LogP) is 3.73. The zero-order chi connectivity index (χ0) is 14.3. The Kier molecular flexibility index (Phi) is 3.32. The second-order valence-corrected chi connectivity index (χ2v) is 5.63. The molecule has 0 atom stereocenters. The highest BCUT2D eigenvalue weighted by Crippen LogP contribution is 2.28. The number of benzene rings is 2. The fourth-order valence-electron chi connectivity index (χ4n) is 2.37. The van der Waals surface area contributed by atoms with Crippen LogP contribution in [0.3, 0.4) is 0 Å². The minimum absolute atomic E-state index is 0.0571. The van der Waals surface area contributed by atoms with Crippen molar-refractivity contribution >= 4 is 34.8 Å². The molecular weight excluding hydrogens is 295 g/mol. The van der Waals surface area contributed by atoms with Crippen LogP contribution in [-0.2, 0) is 13.1 Å². The average molecular weight is 307 g/mol. The lowest BCUT2D eigenvalue weighted by Crippen LogP contribution is -2.25. The van der Waals surface area contributed by atoms with Gasteiger partial charge in [-0.1, -0.05) is 29.3 Å². The molecule has 0 aromatic heterocycles. The largest absolute Gasteiger partial charge is 0.399 e. The van der Waals surface area contributed by atoms with Crippen LogP contribution < -0.4 is 5.73 Å². The van der Waals surface area contributed by atoms with E-state index < -0.39 is 0 Å². The zero-order valence-electron chi connectivity index (χ0n) is 10.6. The van der Waals surface area contributed by atoms with Gasteiger partial charge in [-0.2, -0.15) is 0 Å². The molecule has 0 saturated carbocycles. The summed E-state index contributed by atoms with van der Waals surface area (Å²) in [4.78, 5) is 14.2. The van der Waals surface area contributed by atoms with Crippen LogP contribution in [0.2, 0.25) is 10.0 Å². The molecule has 1 aliphatic heterocycles. The first kappa shape index (κ1) is 13.3. The van der Waals surface area contributed by atoms with E-state index >= 15 is 0 Å². The molecule has 5 heteroatoms. The third-order valence-corrected chi connectivity index (χ3v) is 4.15. The van der Waals surface area contributed by atoms with Crippen LogP contribution in [0.4, 0.5) is 5.69 Å². The summed E-state index contributed by atoms with van der Waals surface area (Å²) in [5.41, 5.74) is 9.25. The molecule has 0 saturated heterocycles. The van der Waals surface area contributed by atoms with Crippen molar-refractivity contribution < 1.29 is 4.79 Å². The van der Waals surface area contributed by atoms with Crippen molar-refractivity contribution in [3.05, 3.63) is 63.1 Å². The summed E-state index contributed by atoms with van der Waals surface area (Å²) in [7, 11) is 0. The van der Waals surface area contributed by atoms with E-state index in [4.69, 9.17) is 28.9 Å². The number of hydrogen-bond acceptors (Lipinski definition) is 2. The first-order valence-electron chi connectivity index (χ1n) is 6.16. The number of nitrogen functional groups attached to an aromatic ring is 1. The van der Waals surface area contributed by atoms with E-state index in [2.05, 4.69) is 0 Å². The minimum atomic E-state index is -0.0571. The fourth-order valence-corrected chi connectivity index (χ4v) is 2.67. The SMILES string of the molecule is Nc1ccc2c(c1)CN(C(=O)c1ccc(Cl)c(Cl)c1)C2. The van der Waals surface area contributed by atoms with E-state index in [0.717, 1.165) is 11.1 Å². The van der Waals surface area contributed by atoms with Gasteiger partial charge in [0.25, 0.3) is 5.91 Å². The monoisotopic (exact) mass is 306 g/mol. The molecule has 0 bridgehead atoms. The highest BCUT2D eigenvalue weighted by Gasteiger charge is 2.24. The normalized spacial score (nSPS) is 13.4. The van der Waals surface area contributed by atoms with E-state index in [1.165, 1.54) is 0 Å². The topological polar surface area (TPSA) is 46.3 Å². The predicted molar refractivity (Wildman–Crippen MR) is 80.9 cm³/mol. The lowest BCUT2D eigenvalue weighted by molar-refractivity contribution is 0.0751. The molecule has 0 aliphatic carbocycles. The Balaban J connectivity index is 1.85. The van der Waals surface area contributed by atoms with E-state index in [1.807, 2.05) is 18.2 Å². The molecule has 1 heterocycles. The minimum Gasteiger partial charge on any atom is -0.399 e. The van der Waals surface area contributed by atoms with Crippen LogP contribution in [0.1, 0.15) is 21.5 Å². The number of fused-ring (bicyclic) bond motifs is 1. The number of rotatable bonds is 1. The highest BCUT2D eigenvalue weighted by molar-refractivity contribution is 6.42. The molecule has 20 heavy (non-hydrogen) atoms. The molecule has 1 aliphatic rings. The first-order chi connectivity index (χ1) is 9.54. The van der Waals surface area contributed by atoms with Crippen molar-refractivity contribution in [2.24, 2.45) is 0 Å². The average Bonchev–Trinajstić information content (AvgIpc) is 2.84. The van der Waals surface area contributed by atoms with Gasteiger partial charge >= 0.3 is 0 Å². The van der Waals surface area contributed by atoms with Crippen molar-refractivity contribution in [3.63, 3.8) is 0 Å². The number of nitrogens with zero attached hydrogens (tertiary/aromatic N) is 1. The molecule has 0 unspecified atom stereocenters. The third-order valence-electron chi connectivity index (χ3n) is 3.41. The molecule has 0 spiro atoms. The number of amides is 1.